The molecule has 1 saturated heterocycles. The topological polar surface area (TPSA) is 33.5 Å². The lowest BCUT2D eigenvalue weighted by molar-refractivity contribution is -0.131. The van der Waals surface area contributed by atoms with Crippen LogP contribution in [0.5, 0.6) is 0 Å². The number of carbonyl (C=O) groups is 1. The van der Waals surface area contributed by atoms with Crippen LogP contribution in [-0.4, -0.2) is 17.4 Å². The molecule has 2 aromatic rings. The lowest BCUT2D eigenvalue weighted by Gasteiger charge is -2.23. The number of amides is 1. The van der Waals surface area contributed by atoms with Crippen LogP contribution in [-0.2, 0) is 11.2 Å². The van der Waals surface area contributed by atoms with Crippen molar-refractivity contribution < 1.29 is 9.21 Å². The first-order chi connectivity index (χ1) is 9.74. The van der Waals surface area contributed by atoms with Crippen LogP contribution in [0.4, 0.5) is 0 Å². The number of likely N-dealkylation sites (tertiary alicyclic amines) is 1. The third-order valence-electron chi connectivity index (χ3n) is 3.69. The number of rotatable bonds is 3. The molecule has 2 heterocycles. The van der Waals surface area contributed by atoms with Gasteiger partial charge in [0.1, 0.15) is 5.76 Å². The van der Waals surface area contributed by atoms with Crippen molar-refractivity contribution >= 4 is 17.5 Å². The van der Waals surface area contributed by atoms with E-state index in [-0.39, 0.29) is 11.9 Å². The molecular weight excluding hydrogens is 274 g/mol. The molecule has 4 heteroatoms. The minimum Gasteiger partial charge on any atom is -0.467 e. The zero-order chi connectivity index (χ0) is 13.9. The van der Waals surface area contributed by atoms with Crippen molar-refractivity contribution in [2.75, 3.05) is 6.54 Å². The first-order valence-electron chi connectivity index (χ1n) is 6.81. The molecule has 3 rings (SSSR count). The molecule has 20 heavy (non-hydrogen) atoms. The zero-order valence-corrected chi connectivity index (χ0v) is 11.8. The van der Waals surface area contributed by atoms with Gasteiger partial charge in [0.2, 0.25) is 5.91 Å². The average molecular weight is 290 g/mol. The predicted molar refractivity (Wildman–Crippen MR) is 77.6 cm³/mol. The molecule has 1 unspecified atom stereocenters. The largest absolute Gasteiger partial charge is 0.467 e. The Hall–Kier alpha value is -1.74. The second-order valence-electron chi connectivity index (χ2n) is 5.07. The van der Waals surface area contributed by atoms with Gasteiger partial charge in [0, 0.05) is 11.6 Å². The molecule has 1 amide bonds. The van der Waals surface area contributed by atoms with Crippen molar-refractivity contribution in [2.45, 2.75) is 25.3 Å². The summed E-state index contributed by atoms with van der Waals surface area (Å²) in [6, 6.07) is 11.4. The van der Waals surface area contributed by atoms with Gasteiger partial charge in [-0.2, -0.15) is 0 Å². The molecule has 0 bridgehead atoms. The Morgan fingerprint density at radius 3 is 3.00 bits per heavy atom. The number of hydrogen-bond donors (Lipinski definition) is 0. The lowest BCUT2D eigenvalue weighted by atomic mass is 10.1. The standard InChI is InChI=1S/C16H16ClNO2/c17-13-5-1-4-12(10-13)11-16(19)18-8-2-6-14(18)15-7-3-9-20-15/h1,3-5,7,9-10,14H,2,6,8,11H2. The zero-order valence-electron chi connectivity index (χ0n) is 11.1. The summed E-state index contributed by atoms with van der Waals surface area (Å²) >= 11 is 5.96. The molecule has 104 valence electrons. The maximum Gasteiger partial charge on any atom is 0.227 e. The Bertz CT molecular complexity index is 594. The van der Waals surface area contributed by atoms with Crippen LogP contribution in [0.3, 0.4) is 0 Å². The van der Waals surface area contributed by atoms with Crippen LogP contribution in [0.1, 0.15) is 30.2 Å². The Morgan fingerprint density at radius 1 is 1.35 bits per heavy atom. The van der Waals surface area contributed by atoms with Gasteiger partial charge in [-0.3, -0.25) is 4.79 Å². The SMILES string of the molecule is O=C(Cc1cccc(Cl)c1)N1CCCC1c1ccco1. The van der Waals surface area contributed by atoms with Gasteiger partial charge in [-0.05, 0) is 42.7 Å². The van der Waals surface area contributed by atoms with E-state index in [1.54, 1.807) is 6.26 Å². The van der Waals surface area contributed by atoms with Gasteiger partial charge in [-0.15, -0.1) is 0 Å². The van der Waals surface area contributed by atoms with Crippen molar-refractivity contribution in [1.82, 2.24) is 4.90 Å². The van der Waals surface area contributed by atoms with E-state index in [1.807, 2.05) is 41.3 Å². The number of furan rings is 1. The van der Waals surface area contributed by atoms with Crippen molar-refractivity contribution in [3.05, 3.63) is 59.0 Å². The third kappa shape index (κ3) is 2.73. The molecule has 0 radical (unpaired) electrons. The quantitative estimate of drug-likeness (QED) is 0.860. The third-order valence-corrected chi connectivity index (χ3v) is 3.92. The first kappa shape index (κ1) is 13.3. The highest BCUT2D eigenvalue weighted by molar-refractivity contribution is 6.30. The predicted octanol–water partition coefficient (Wildman–Crippen LogP) is 3.84. The molecule has 1 aliphatic heterocycles. The molecule has 0 spiro atoms. The Balaban J connectivity index is 1.73. The molecule has 1 fully saturated rings. The van der Waals surface area contributed by atoms with E-state index in [9.17, 15) is 4.79 Å². The lowest BCUT2D eigenvalue weighted by Crippen LogP contribution is -2.31. The number of nitrogens with zero attached hydrogens (tertiary/aromatic N) is 1. The molecule has 0 N–H and O–H groups in total. The second-order valence-corrected chi connectivity index (χ2v) is 5.50. The number of hydrogen-bond acceptors (Lipinski definition) is 2. The Morgan fingerprint density at radius 2 is 2.25 bits per heavy atom. The average Bonchev–Trinajstić information content (AvgIpc) is 3.09. The molecule has 1 atom stereocenters. The van der Waals surface area contributed by atoms with E-state index in [4.69, 9.17) is 16.0 Å². The van der Waals surface area contributed by atoms with Crippen molar-refractivity contribution in [2.24, 2.45) is 0 Å². The molecule has 1 aromatic carbocycles. The molecule has 1 aliphatic rings. The Labute approximate surface area is 123 Å². The van der Waals surface area contributed by atoms with E-state index in [0.29, 0.717) is 11.4 Å². The molecule has 0 saturated carbocycles. The van der Waals surface area contributed by atoms with Gasteiger partial charge in [-0.1, -0.05) is 23.7 Å². The second kappa shape index (κ2) is 5.71. The van der Waals surface area contributed by atoms with Crippen LogP contribution in [0.2, 0.25) is 5.02 Å². The number of carbonyl (C=O) groups excluding carboxylic acids is 1. The highest BCUT2D eigenvalue weighted by atomic mass is 35.5. The van der Waals surface area contributed by atoms with Gasteiger partial charge < -0.3 is 9.32 Å². The van der Waals surface area contributed by atoms with E-state index in [1.165, 1.54) is 0 Å². The number of halogens is 1. The summed E-state index contributed by atoms with van der Waals surface area (Å²) in [6.07, 6.45) is 4.03. The van der Waals surface area contributed by atoms with Crippen LogP contribution in [0, 0.1) is 0 Å². The maximum absolute atomic E-state index is 12.5. The van der Waals surface area contributed by atoms with E-state index < -0.39 is 0 Å². The minimum atomic E-state index is 0.0803. The van der Waals surface area contributed by atoms with Crippen LogP contribution in [0.15, 0.2) is 47.1 Å². The van der Waals surface area contributed by atoms with Crippen molar-refractivity contribution in [3.8, 4) is 0 Å². The summed E-state index contributed by atoms with van der Waals surface area (Å²) in [5.41, 5.74) is 0.951. The fourth-order valence-corrected chi connectivity index (χ4v) is 2.98. The van der Waals surface area contributed by atoms with Gasteiger partial charge in [-0.25, -0.2) is 0 Å². The normalized spacial score (nSPS) is 18.4. The highest BCUT2D eigenvalue weighted by Gasteiger charge is 2.31. The first-order valence-corrected chi connectivity index (χ1v) is 7.19. The van der Waals surface area contributed by atoms with Crippen LogP contribution >= 0.6 is 11.6 Å². The van der Waals surface area contributed by atoms with Crippen molar-refractivity contribution in [1.29, 1.82) is 0 Å². The van der Waals surface area contributed by atoms with Gasteiger partial charge in [0.15, 0.2) is 0 Å². The highest BCUT2D eigenvalue weighted by Crippen LogP contribution is 2.32. The van der Waals surface area contributed by atoms with E-state index >= 15 is 0 Å². The summed E-state index contributed by atoms with van der Waals surface area (Å²) < 4.78 is 5.45. The molecule has 1 aromatic heterocycles. The smallest absolute Gasteiger partial charge is 0.227 e. The fourth-order valence-electron chi connectivity index (χ4n) is 2.76. The molecule has 0 aliphatic carbocycles. The summed E-state index contributed by atoms with van der Waals surface area (Å²) in [6.45, 7) is 0.796. The fraction of sp³-hybridized carbons (Fsp3) is 0.312. The van der Waals surface area contributed by atoms with Crippen LogP contribution in [0.25, 0.3) is 0 Å². The molecule has 3 nitrogen and oxygen atoms in total. The van der Waals surface area contributed by atoms with Gasteiger partial charge in [0.05, 0.1) is 18.7 Å². The minimum absolute atomic E-state index is 0.0803. The van der Waals surface area contributed by atoms with Gasteiger partial charge in [0.25, 0.3) is 0 Å². The Kier molecular flexibility index (Phi) is 3.79. The van der Waals surface area contributed by atoms with E-state index in [0.717, 1.165) is 30.7 Å². The monoisotopic (exact) mass is 289 g/mol. The maximum atomic E-state index is 12.5. The van der Waals surface area contributed by atoms with E-state index in [2.05, 4.69) is 0 Å². The van der Waals surface area contributed by atoms with Crippen molar-refractivity contribution in [3.63, 3.8) is 0 Å². The summed E-state index contributed by atoms with van der Waals surface area (Å²) in [7, 11) is 0. The summed E-state index contributed by atoms with van der Waals surface area (Å²) in [5, 5.41) is 0.666. The van der Waals surface area contributed by atoms with Gasteiger partial charge >= 0.3 is 0 Å². The molecular formula is C16H16ClNO2. The van der Waals surface area contributed by atoms with Crippen LogP contribution < -0.4 is 0 Å². The summed E-state index contributed by atoms with van der Waals surface area (Å²) in [4.78, 5) is 14.4. The summed E-state index contributed by atoms with van der Waals surface area (Å²) in [5.74, 6) is 1.01. The number of benzene rings is 1.